The minimum absolute atomic E-state index is 0.00778. The van der Waals surface area contributed by atoms with Crippen molar-refractivity contribution in [2.75, 3.05) is 33.7 Å². The predicted octanol–water partition coefficient (Wildman–Crippen LogP) is 0.442. The largest absolute Gasteiger partial charge is 0.354 e. The maximum absolute atomic E-state index is 11.4. The highest BCUT2D eigenvalue weighted by atomic mass is 16.1. The molecule has 0 heterocycles. The van der Waals surface area contributed by atoms with Gasteiger partial charge < -0.3 is 15.5 Å². The van der Waals surface area contributed by atoms with Crippen molar-refractivity contribution in [2.45, 2.75) is 32.7 Å². The molecule has 0 aromatic carbocycles. The zero-order valence-corrected chi connectivity index (χ0v) is 10.7. The zero-order valence-electron chi connectivity index (χ0n) is 10.7. The van der Waals surface area contributed by atoms with E-state index in [9.17, 15) is 4.79 Å². The SMILES string of the molecule is CCNCCC(=O)NCC(C)(C)N(C)C. The van der Waals surface area contributed by atoms with Crippen LogP contribution in [0.3, 0.4) is 0 Å². The van der Waals surface area contributed by atoms with Gasteiger partial charge in [0.2, 0.25) is 5.91 Å². The Morgan fingerprint density at radius 3 is 2.40 bits per heavy atom. The van der Waals surface area contributed by atoms with Crippen LogP contribution >= 0.6 is 0 Å². The first-order valence-electron chi connectivity index (χ1n) is 5.55. The number of likely N-dealkylation sites (N-methyl/N-ethyl adjacent to an activating group) is 1. The lowest BCUT2D eigenvalue weighted by Gasteiger charge is -2.32. The Balaban J connectivity index is 3.71. The summed E-state index contributed by atoms with van der Waals surface area (Å²) >= 11 is 0. The Hall–Kier alpha value is -0.610. The van der Waals surface area contributed by atoms with Gasteiger partial charge in [-0.2, -0.15) is 0 Å². The van der Waals surface area contributed by atoms with Crippen LogP contribution in [0, 0.1) is 0 Å². The van der Waals surface area contributed by atoms with Crippen LogP contribution in [0.1, 0.15) is 27.2 Å². The molecular formula is C11H25N3O. The molecule has 15 heavy (non-hydrogen) atoms. The average Bonchev–Trinajstić information content (AvgIpc) is 2.15. The lowest BCUT2D eigenvalue weighted by molar-refractivity contribution is -0.121. The van der Waals surface area contributed by atoms with E-state index in [1.54, 1.807) is 0 Å². The maximum atomic E-state index is 11.4. The molecule has 0 radical (unpaired) electrons. The number of rotatable bonds is 7. The lowest BCUT2D eigenvalue weighted by Crippen LogP contribution is -2.48. The van der Waals surface area contributed by atoms with Crippen LogP contribution in [0.25, 0.3) is 0 Å². The molecule has 2 N–H and O–H groups in total. The van der Waals surface area contributed by atoms with Crippen LogP contribution in [0.4, 0.5) is 0 Å². The van der Waals surface area contributed by atoms with Crippen molar-refractivity contribution in [1.29, 1.82) is 0 Å². The molecule has 0 bridgehead atoms. The van der Waals surface area contributed by atoms with Crippen LogP contribution in [0.2, 0.25) is 0 Å². The zero-order chi connectivity index (χ0) is 11.9. The van der Waals surface area contributed by atoms with Crippen molar-refractivity contribution < 1.29 is 4.79 Å². The van der Waals surface area contributed by atoms with E-state index >= 15 is 0 Å². The van der Waals surface area contributed by atoms with E-state index in [1.165, 1.54) is 0 Å². The van der Waals surface area contributed by atoms with Gasteiger partial charge in [0, 0.05) is 25.0 Å². The fourth-order valence-electron chi connectivity index (χ4n) is 0.940. The highest BCUT2D eigenvalue weighted by Gasteiger charge is 2.20. The molecule has 0 rings (SSSR count). The number of nitrogens with one attached hydrogen (secondary N) is 2. The van der Waals surface area contributed by atoms with E-state index in [1.807, 2.05) is 21.0 Å². The molecule has 0 unspecified atom stereocenters. The van der Waals surface area contributed by atoms with Gasteiger partial charge in [0.05, 0.1) is 0 Å². The number of carbonyl (C=O) groups excluding carboxylic acids is 1. The molecule has 0 aliphatic carbocycles. The van der Waals surface area contributed by atoms with Gasteiger partial charge in [0.25, 0.3) is 0 Å². The third kappa shape index (κ3) is 6.47. The Kier molecular flexibility index (Phi) is 6.52. The molecule has 0 spiro atoms. The van der Waals surface area contributed by atoms with Crippen molar-refractivity contribution in [3.63, 3.8) is 0 Å². The molecule has 0 aromatic heterocycles. The molecule has 4 heteroatoms. The van der Waals surface area contributed by atoms with Gasteiger partial charge in [-0.15, -0.1) is 0 Å². The second kappa shape index (κ2) is 6.80. The van der Waals surface area contributed by atoms with Crippen LogP contribution in [-0.4, -0.2) is 50.1 Å². The first kappa shape index (κ1) is 14.4. The molecule has 0 atom stereocenters. The first-order chi connectivity index (χ1) is 6.90. The summed E-state index contributed by atoms with van der Waals surface area (Å²) in [5.74, 6) is 0.117. The van der Waals surface area contributed by atoms with Gasteiger partial charge in [-0.25, -0.2) is 0 Å². The summed E-state index contributed by atoms with van der Waals surface area (Å²) in [5, 5.41) is 6.07. The molecule has 0 saturated carbocycles. The topological polar surface area (TPSA) is 44.4 Å². The highest BCUT2D eigenvalue weighted by molar-refractivity contribution is 5.76. The second-order valence-corrected chi connectivity index (χ2v) is 4.59. The monoisotopic (exact) mass is 215 g/mol. The number of amides is 1. The summed E-state index contributed by atoms with van der Waals surface area (Å²) in [6, 6.07) is 0. The molecule has 0 aliphatic heterocycles. The Bertz CT molecular complexity index is 190. The number of nitrogens with zero attached hydrogens (tertiary/aromatic N) is 1. The van der Waals surface area contributed by atoms with Crippen LogP contribution in [0.15, 0.2) is 0 Å². The fourth-order valence-corrected chi connectivity index (χ4v) is 0.940. The third-order valence-corrected chi connectivity index (χ3v) is 2.71. The van der Waals surface area contributed by atoms with Gasteiger partial charge in [-0.1, -0.05) is 6.92 Å². The molecule has 4 nitrogen and oxygen atoms in total. The van der Waals surface area contributed by atoms with Gasteiger partial charge in [-0.3, -0.25) is 4.79 Å². The molecule has 0 saturated heterocycles. The van der Waals surface area contributed by atoms with Crippen molar-refractivity contribution in [2.24, 2.45) is 0 Å². The maximum Gasteiger partial charge on any atom is 0.221 e. The van der Waals surface area contributed by atoms with Gasteiger partial charge >= 0.3 is 0 Å². The van der Waals surface area contributed by atoms with Crippen LogP contribution < -0.4 is 10.6 Å². The fraction of sp³-hybridized carbons (Fsp3) is 0.909. The highest BCUT2D eigenvalue weighted by Crippen LogP contribution is 2.07. The molecule has 0 aliphatic rings. The minimum atomic E-state index is 0.00778. The summed E-state index contributed by atoms with van der Waals surface area (Å²) in [5.41, 5.74) is 0.00778. The Morgan fingerprint density at radius 1 is 1.33 bits per heavy atom. The minimum Gasteiger partial charge on any atom is -0.354 e. The quantitative estimate of drug-likeness (QED) is 0.606. The molecular weight excluding hydrogens is 190 g/mol. The number of carbonyl (C=O) groups is 1. The van der Waals surface area contributed by atoms with Crippen LogP contribution in [-0.2, 0) is 4.79 Å². The van der Waals surface area contributed by atoms with E-state index in [4.69, 9.17) is 0 Å². The van der Waals surface area contributed by atoms with Crippen LogP contribution in [0.5, 0.6) is 0 Å². The van der Waals surface area contributed by atoms with E-state index < -0.39 is 0 Å². The molecule has 1 amide bonds. The lowest BCUT2D eigenvalue weighted by atomic mass is 10.0. The van der Waals surface area contributed by atoms with E-state index in [-0.39, 0.29) is 11.4 Å². The van der Waals surface area contributed by atoms with Crippen molar-refractivity contribution >= 4 is 5.91 Å². The molecule has 0 aromatic rings. The Morgan fingerprint density at radius 2 is 1.93 bits per heavy atom. The number of hydrogen-bond donors (Lipinski definition) is 2. The van der Waals surface area contributed by atoms with Gasteiger partial charge in [0.15, 0.2) is 0 Å². The molecule has 90 valence electrons. The smallest absolute Gasteiger partial charge is 0.221 e. The molecule has 0 fully saturated rings. The normalized spacial score (nSPS) is 11.9. The van der Waals surface area contributed by atoms with Gasteiger partial charge in [0.1, 0.15) is 0 Å². The van der Waals surface area contributed by atoms with Crippen molar-refractivity contribution in [1.82, 2.24) is 15.5 Å². The second-order valence-electron chi connectivity index (χ2n) is 4.59. The van der Waals surface area contributed by atoms with E-state index in [0.29, 0.717) is 13.0 Å². The average molecular weight is 215 g/mol. The predicted molar refractivity (Wildman–Crippen MR) is 63.9 cm³/mol. The standard InChI is InChI=1S/C11H25N3O/c1-6-12-8-7-10(15)13-9-11(2,3)14(4)5/h12H,6-9H2,1-5H3,(H,13,15). The summed E-state index contributed by atoms with van der Waals surface area (Å²) in [6.45, 7) is 8.61. The Labute approximate surface area is 93.4 Å². The van der Waals surface area contributed by atoms with E-state index in [2.05, 4.69) is 29.4 Å². The van der Waals surface area contributed by atoms with Crippen molar-refractivity contribution in [3.05, 3.63) is 0 Å². The first-order valence-corrected chi connectivity index (χ1v) is 5.55. The summed E-state index contributed by atoms with van der Waals surface area (Å²) in [4.78, 5) is 13.5. The summed E-state index contributed by atoms with van der Waals surface area (Å²) in [7, 11) is 4.04. The van der Waals surface area contributed by atoms with E-state index in [0.717, 1.165) is 13.1 Å². The van der Waals surface area contributed by atoms with Crippen molar-refractivity contribution in [3.8, 4) is 0 Å². The van der Waals surface area contributed by atoms with Gasteiger partial charge in [-0.05, 0) is 34.5 Å². The summed E-state index contributed by atoms with van der Waals surface area (Å²) < 4.78 is 0. The number of hydrogen-bond acceptors (Lipinski definition) is 3. The summed E-state index contributed by atoms with van der Waals surface area (Å²) in [6.07, 6.45) is 0.553. The third-order valence-electron chi connectivity index (χ3n) is 2.71.